The number of rotatable bonds is 6. The molecule has 0 amide bonds. The zero-order valence-corrected chi connectivity index (χ0v) is 19.0. The largest absolute Gasteiger partial charge is 0.478 e. The van der Waals surface area contributed by atoms with Gasteiger partial charge in [-0.3, -0.25) is 14.1 Å². The summed E-state index contributed by atoms with van der Waals surface area (Å²) in [6.45, 7) is 3.85. The fourth-order valence-corrected chi connectivity index (χ4v) is 4.47. The lowest BCUT2D eigenvalue weighted by Gasteiger charge is -2.23. The summed E-state index contributed by atoms with van der Waals surface area (Å²) in [4.78, 5) is 22.3. The first kappa shape index (κ1) is 21.6. The third-order valence-corrected chi connectivity index (χ3v) is 6.36. The van der Waals surface area contributed by atoms with Crippen molar-refractivity contribution in [3.8, 4) is 17.0 Å². The third kappa shape index (κ3) is 4.12. The van der Waals surface area contributed by atoms with Crippen molar-refractivity contribution in [1.29, 1.82) is 0 Å². The highest BCUT2D eigenvalue weighted by molar-refractivity contribution is 6.04. The maximum atomic E-state index is 13.2. The Kier molecular flexibility index (Phi) is 5.86. The van der Waals surface area contributed by atoms with E-state index in [2.05, 4.69) is 16.0 Å². The van der Waals surface area contributed by atoms with E-state index in [1.165, 1.54) is 0 Å². The highest BCUT2D eigenvalue weighted by Crippen LogP contribution is 2.32. The van der Waals surface area contributed by atoms with Gasteiger partial charge in [0.1, 0.15) is 0 Å². The molecule has 3 aromatic heterocycles. The van der Waals surface area contributed by atoms with Gasteiger partial charge in [0.15, 0.2) is 0 Å². The van der Waals surface area contributed by atoms with Crippen molar-refractivity contribution >= 4 is 21.9 Å². The summed E-state index contributed by atoms with van der Waals surface area (Å²) >= 11 is 0. The number of aryl methyl sites for hydroxylation is 1. The highest BCUT2D eigenvalue weighted by atomic mass is 16.5. The average molecular weight is 448 g/mol. The Morgan fingerprint density at radius 1 is 1.15 bits per heavy atom. The number of aromatic nitrogens is 4. The van der Waals surface area contributed by atoms with Gasteiger partial charge in [-0.25, -0.2) is 9.78 Å². The topological polar surface area (TPSA) is 97.2 Å². The van der Waals surface area contributed by atoms with Crippen molar-refractivity contribution in [2.75, 3.05) is 19.8 Å². The van der Waals surface area contributed by atoms with E-state index in [-0.39, 0.29) is 17.8 Å². The lowest BCUT2D eigenvalue weighted by atomic mass is 10.0. The second-order valence-corrected chi connectivity index (χ2v) is 8.78. The van der Waals surface area contributed by atoms with Crippen molar-refractivity contribution in [2.24, 2.45) is 12.8 Å². The summed E-state index contributed by atoms with van der Waals surface area (Å²) in [6.07, 6.45) is 6.05. The van der Waals surface area contributed by atoms with E-state index in [1.54, 1.807) is 10.8 Å². The maximum absolute atomic E-state index is 13.2. The number of nitrogens with two attached hydrogens (primary N) is 1. The van der Waals surface area contributed by atoms with E-state index in [4.69, 9.17) is 15.2 Å². The molecule has 0 aliphatic carbocycles. The first-order valence-corrected chi connectivity index (χ1v) is 11.4. The normalized spacial score (nSPS) is 15.8. The molecular formula is C25H29N5O3. The van der Waals surface area contributed by atoms with E-state index in [0.29, 0.717) is 25.7 Å². The van der Waals surface area contributed by atoms with Crippen LogP contribution in [0.15, 0.2) is 47.5 Å². The Bertz CT molecular complexity index is 1330. The van der Waals surface area contributed by atoms with Gasteiger partial charge in [-0.2, -0.15) is 0 Å². The van der Waals surface area contributed by atoms with Crippen molar-refractivity contribution in [2.45, 2.75) is 38.3 Å². The first-order valence-electron chi connectivity index (χ1n) is 11.4. The molecule has 1 aliphatic heterocycles. The van der Waals surface area contributed by atoms with Gasteiger partial charge < -0.3 is 15.2 Å². The van der Waals surface area contributed by atoms with Crippen LogP contribution in [0, 0.1) is 0 Å². The lowest BCUT2D eigenvalue weighted by molar-refractivity contribution is 0.0697. The molecule has 4 aromatic rings. The lowest BCUT2D eigenvalue weighted by Crippen LogP contribution is -2.29. The second kappa shape index (κ2) is 8.96. The first-order chi connectivity index (χ1) is 16.0. The van der Waals surface area contributed by atoms with E-state index in [0.717, 1.165) is 52.3 Å². The van der Waals surface area contributed by atoms with Crippen LogP contribution >= 0.6 is 0 Å². The molecule has 33 heavy (non-hydrogen) atoms. The minimum Gasteiger partial charge on any atom is -0.478 e. The highest BCUT2D eigenvalue weighted by Gasteiger charge is 2.23. The molecule has 1 aromatic carbocycles. The molecule has 1 aliphatic rings. The van der Waals surface area contributed by atoms with Crippen LogP contribution in [0.3, 0.4) is 0 Å². The molecule has 0 bridgehead atoms. The van der Waals surface area contributed by atoms with Crippen molar-refractivity contribution < 1.29 is 9.47 Å². The van der Waals surface area contributed by atoms with Gasteiger partial charge in [-0.1, -0.05) is 6.07 Å². The van der Waals surface area contributed by atoms with Gasteiger partial charge in [0, 0.05) is 55.6 Å². The number of benzene rings is 1. The fraction of sp³-hybridized carbons (Fsp3) is 0.400. The number of nitrogens with zero attached hydrogens (tertiary/aromatic N) is 4. The molecule has 4 heterocycles. The summed E-state index contributed by atoms with van der Waals surface area (Å²) < 4.78 is 14.9. The van der Waals surface area contributed by atoms with Crippen LogP contribution in [0.4, 0.5) is 0 Å². The summed E-state index contributed by atoms with van der Waals surface area (Å²) in [5.74, 6) is 0.584. The van der Waals surface area contributed by atoms with E-state index in [1.807, 2.05) is 49.0 Å². The third-order valence-electron chi connectivity index (χ3n) is 6.36. The SMILES string of the molecule is CC(N)CCOc1ccc(-c2ccc3ncc4c(c3c2)n(C2CCOCC2)c(=O)n4C)cn1. The maximum Gasteiger partial charge on any atom is 0.329 e. The Morgan fingerprint density at radius 2 is 1.94 bits per heavy atom. The van der Waals surface area contributed by atoms with E-state index in [9.17, 15) is 4.79 Å². The van der Waals surface area contributed by atoms with Crippen LogP contribution in [0.2, 0.25) is 0 Å². The molecule has 8 heteroatoms. The van der Waals surface area contributed by atoms with Crippen molar-refractivity contribution in [1.82, 2.24) is 19.1 Å². The van der Waals surface area contributed by atoms with Crippen LogP contribution in [-0.4, -0.2) is 45.0 Å². The molecule has 1 fully saturated rings. The molecule has 1 unspecified atom stereocenters. The number of pyridine rings is 2. The minimum atomic E-state index is -0.00781. The van der Waals surface area contributed by atoms with Crippen molar-refractivity contribution in [3.05, 3.63) is 53.2 Å². The Hall–Kier alpha value is -3.23. The average Bonchev–Trinajstić information content (AvgIpc) is 3.10. The number of ether oxygens (including phenoxy) is 2. The number of hydrogen-bond acceptors (Lipinski definition) is 6. The molecule has 0 radical (unpaired) electrons. The smallest absolute Gasteiger partial charge is 0.329 e. The molecule has 1 atom stereocenters. The van der Waals surface area contributed by atoms with Gasteiger partial charge in [0.2, 0.25) is 5.88 Å². The van der Waals surface area contributed by atoms with Gasteiger partial charge in [0.05, 0.1) is 29.4 Å². The molecule has 2 N–H and O–H groups in total. The quantitative estimate of drug-likeness (QED) is 0.486. The molecule has 0 saturated carbocycles. The Labute approximate surface area is 192 Å². The zero-order chi connectivity index (χ0) is 22.9. The number of imidazole rings is 1. The Morgan fingerprint density at radius 3 is 2.67 bits per heavy atom. The standard InChI is InChI=1S/C25H29N5O3/c1-16(26)7-12-33-23-6-4-18(14-28-23)17-3-5-21-20(13-17)24-22(15-27-21)29(2)25(31)30(24)19-8-10-32-11-9-19/h3-6,13-16,19H,7-12,26H2,1-2H3. The zero-order valence-electron chi connectivity index (χ0n) is 19.0. The molecule has 5 rings (SSSR count). The monoisotopic (exact) mass is 447 g/mol. The van der Waals surface area contributed by atoms with Crippen LogP contribution < -0.4 is 16.2 Å². The molecule has 1 saturated heterocycles. The molecule has 8 nitrogen and oxygen atoms in total. The van der Waals surface area contributed by atoms with E-state index >= 15 is 0 Å². The van der Waals surface area contributed by atoms with Gasteiger partial charge >= 0.3 is 5.69 Å². The van der Waals surface area contributed by atoms with Gasteiger partial charge in [-0.15, -0.1) is 0 Å². The van der Waals surface area contributed by atoms with Crippen molar-refractivity contribution in [3.63, 3.8) is 0 Å². The molecule has 0 spiro atoms. The summed E-state index contributed by atoms with van der Waals surface area (Å²) in [5.41, 5.74) is 10.4. The minimum absolute atomic E-state index is 0.00781. The van der Waals surface area contributed by atoms with Gasteiger partial charge in [-0.05, 0) is 49.9 Å². The fourth-order valence-electron chi connectivity index (χ4n) is 4.47. The van der Waals surface area contributed by atoms with Crippen LogP contribution in [0.1, 0.15) is 32.2 Å². The second-order valence-electron chi connectivity index (χ2n) is 8.78. The molecule has 172 valence electrons. The molecular weight excluding hydrogens is 418 g/mol. The summed E-state index contributed by atoms with van der Waals surface area (Å²) in [7, 11) is 1.81. The van der Waals surface area contributed by atoms with Crippen LogP contribution in [0.5, 0.6) is 5.88 Å². The van der Waals surface area contributed by atoms with Gasteiger partial charge in [0.25, 0.3) is 0 Å². The van der Waals surface area contributed by atoms with E-state index < -0.39 is 0 Å². The number of hydrogen-bond donors (Lipinski definition) is 1. The number of fused-ring (bicyclic) bond motifs is 3. The summed E-state index contributed by atoms with van der Waals surface area (Å²) in [5, 5.41) is 0.964. The predicted octanol–water partition coefficient (Wildman–Crippen LogP) is 3.42. The van der Waals surface area contributed by atoms with Crippen LogP contribution in [-0.2, 0) is 11.8 Å². The summed E-state index contributed by atoms with van der Waals surface area (Å²) in [6, 6.07) is 10.2. The Balaban J connectivity index is 1.56. The predicted molar refractivity (Wildman–Crippen MR) is 129 cm³/mol. The van der Waals surface area contributed by atoms with Crippen LogP contribution in [0.25, 0.3) is 33.1 Å².